The number of aryl methyl sites for hydroxylation is 2. The smallest absolute Gasteiger partial charge is 0.0462 e. The molecule has 1 heteroatoms. The number of benzene rings is 4. The van der Waals surface area contributed by atoms with Gasteiger partial charge in [0.05, 0.1) is 0 Å². The topological polar surface area (TPSA) is 3.24 Å². The average molecular weight is 416 g/mol. The molecule has 4 aromatic carbocycles. The molecular formula is C31H29N. The van der Waals surface area contributed by atoms with Crippen molar-refractivity contribution < 1.29 is 0 Å². The van der Waals surface area contributed by atoms with Gasteiger partial charge in [-0.05, 0) is 73.9 Å². The van der Waals surface area contributed by atoms with Crippen molar-refractivity contribution in [2.45, 2.75) is 20.8 Å². The molecule has 4 aromatic rings. The second-order valence-corrected chi connectivity index (χ2v) is 8.10. The van der Waals surface area contributed by atoms with Gasteiger partial charge in [0, 0.05) is 17.1 Å². The molecule has 0 amide bonds. The van der Waals surface area contributed by atoms with Crippen molar-refractivity contribution in [2.75, 3.05) is 4.90 Å². The van der Waals surface area contributed by atoms with Crippen LogP contribution in [0.25, 0.3) is 18.2 Å². The zero-order valence-corrected chi connectivity index (χ0v) is 19.0. The van der Waals surface area contributed by atoms with E-state index in [1.165, 1.54) is 27.8 Å². The second kappa shape index (κ2) is 9.98. The molecule has 0 fully saturated rings. The molecule has 4 rings (SSSR count). The number of nitrogens with zero attached hydrogens (tertiary/aromatic N) is 1. The van der Waals surface area contributed by atoms with E-state index in [1.807, 2.05) is 6.92 Å². The van der Waals surface area contributed by atoms with Crippen LogP contribution in [0, 0.1) is 13.8 Å². The number of rotatable bonds is 6. The van der Waals surface area contributed by atoms with E-state index in [-0.39, 0.29) is 0 Å². The minimum Gasteiger partial charge on any atom is -0.311 e. The predicted molar refractivity (Wildman–Crippen MR) is 141 cm³/mol. The van der Waals surface area contributed by atoms with Crippen LogP contribution in [-0.4, -0.2) is 0 Å². The van der Waals surface area contributed by atoms with Crippen molar-refractivity contribution in [3.63, 3.8) is 0 Å². The zero-order valence-electron chi connectivity index (χ0n) is 19.0. The molecule has 0 atom stereocenters. The Morgan fingerprint density at radius 3 is 1.12 bits per heavy atom. The quantitative estimate of drug-likeness (QED) is 0.284. The predicted octanol–water partition coefficient (Wildman–Crippen LogP) is 8.98. The maximum absolute atomic E-state index is 2.30. The first-order chi connectivity index (χ1) is 15.6. The lowest BCUT2D eigenvalue weighted by Crippen LogP contribution is -2.09. The van der Waals surface area contributed by atoms with Crippen LogP contribution >= 0.6 is 0 Å². The molecule has 0 heterocycles. The molecular weight excluding hydrogens is 386 g/mol. The normalized spacial score (nSPS) is 11.3. The van der Waals surface area contributed by atoms with Crippen LogP contribution in [0.5, 0.6) is 0 Å². The van der Waals surface area contributed by atoms with Gasteiger partial charge in [-0.25, -0.2) is 0 Å². The van der Waals surface area contributed by atoms with E-state index in [4.69, 9.17) is 0 Å². The standard InChI is InChI=1S/C31H29N/c1-4-5-26-10-12-27(13-11-26)14-15-28-16-22-31(23-17-28)32(29-18-6-24(2)7-19-29)30-20-8-25(3)9-21-30/h4-23H,1-3H3. The highest BCUT2D eigenvalue weighted by Crippen LogP contribution is 2.34. The van der Waals surface area contributed by atoms with Crippen LogP contribution in [0.15, 0.2) is 103 Å². The molecule has 32 heavy (non-hydrogen) atoms. The Morgan fingerprint density at radius 1 is 0.438 bits per heavy atom. The van der Waals surface area contributed by atoms with Crippen LogP contribution in [0.4, 0.5) is 17.1 Å². The summed E-state index contributed by atoms with van der Waals surface area (Å²) < 4.78 is 0. The lowest BCUT2D eigenvalue weighted by Gasteiger charge is -2.25. The summed E-state index contributed by atoms with van der Waals surface area (Å²) in [4.78, 5) is 2.30. The van der Waals surface area contributed by atoms with E-state index in [0.29, 0.717) is 0 Å². The number of hydrogen-bond acceptors (Lipinski definition) is 1. The van der Waals surface area contributed by atoms with Crippen LogP contribution in [-0.2, 0) is 0 Å². The molecule has 1 nitrogen and oxygen atoms in total. The summed E-state index contributed by atoms with van der Waals surface area (Å²) >= 11 is 0. The van der Waals surface area contributed by atoms with E-state index in [2.05, 4.69) is 140 Å². The maximum Gasteiger partial charge on any atom is 0.0462 e. The van der Waals surface area contributed by atoms with Crippen LogP contribution < -0.4 is 4.90 Å². The third-order valence-electron chi connectivity index (χ3n) is 5.50. The summed E-state index contributed by atoms with van der Waals surface area (Å²) in [5, 5.41) is 0. The highest BCUT2D eigenvalue weighted by molar-refractivity contribution is 5.78. The SMILES string of the molecule is CC=Cc1ccc(C=Cc2ccc(N(c3ccc(C)cc3)c3ccc(C)cc3)cc2)cc1. The third kappa shape index (κ3) is 5.25. The highest BCUT2D eigenvalue weighted by Gasteiger charge is 2.12. The molecule has 0 spiro atoms. The van der Waals surface area contributed by atoms with Crippen molar-refractivity contribution in [2.24, 2.45) is 0 Å². The minimum absolute atomic E-state index is 1.14. The van der Waals surface area contributed by atoms with Crippen molar-refractivity contribution in [1.29, 1.82) is 0 Å². The molecule has 0 aliphatic rings. The minimum atomic E-state index is 1.14. The largest absolute Gasteiger partial charge is 0.311 e. The molecule has 0 saturated heterocycles. The number of anilines is 3. The fourth-order valence-electron chi connectivity index (χ4n) is 3.67. The van der Waals surface area contributed by atoms with Gasteiger partial charge in [-0.15, -0.1) is 0 Å². The molecule has 158 valence electrons. The Kier molecular flexibility index (Phi) is 6.67. The van der Waals surface area contributed by atoms with E-state index in [9.17, 15) is 0 Å². The summed E-state index contributed by atoms with van der Waals surface area (Å²) in [5.41, 5.74) is 9.58. The van der Waals surface area contributed by atoms with Gasteiger partial charge >= 0.3 is 0 Å². The van der Waals surface area contributed by atoms with Gasteiger partial charge in [-0.2, -0.15) is 0 Å². The van der Waals surface area contributed by atoms with Gasteiger partial charge < -0.3 is 4.90 Å². The second-order valence-electron chi connectivity index (χ2n) is 8.10. The van der Waals surface area contributed by atoms with Crippen molar-refractivity contribution >= 4 is 35.3 Å². The molecule has 0 N–H and O–H groups in total. The third-order valence-corrected chi connectivity index (χ3v) is 5.50. The molecule has 0 aromatic heterocycles. The summed E-state index contributed by atoms with van der Waals surface area (Å²) in [7, 11) is 0. The molecule has 0 aliphatic carbocycles. The number of allylic oxidation sites excluding steroid dienone is 1. The van der Waals surface area contributed by atoms with Crippen molar-refractivity contribution in [3.8, 4) is 0 Å². The van der Waals surface area contributed by atoms with Gasteiger partial charge in [0.2, 0.25) is 0 Å². The Balaban J connectivity index is 1.60. The zero-order chi connectivity index (χ0) is 22.3. The summed E-state index contributed by atoms with van der Waals surface area (Å²) in [6, 6.07) is 34.7. The summed E-state index contributed by atoms with van der Waals surface area (Å²) in [6.45, 7) is 6.28. The van der Waals surface area contributed by atoms with Gasteiger partial charge in [0.1, 0.15) is 0 Å². The summed E-state index contributed by atoms with van der Waals surface area (Å²) in [6.07, 6.45) is 8.49. The average Bonchev–Trinajstić information content (AvgIpc) is 2.82. The molecule has 0 radical (unpaired) electrons. The fourth-order valence-corrected chi connectivity index (χ4v) is 3.67. The van der Waals surface area contributed by atoms with Gasteiger partial charge in [-0.1, -0.05) is 96.1 Å². The van der Waals surface area contributed by atoms with Gasteiger partial charge in [0.25, 0.3) is 0 Å². The highest BCUT2D eigenvalue weighted by atomic mass is 15.1. The van der Waals surface area contributed by atoms with Gasteiger partial charge in [-0.3, -0.25) is 0 Å². The van der Waals surface area contributed by atoms with Crippen molar-refractivity contribution in [3.05, 3.63) is 131 Å². The first-order valence-electron chi connectivity index (χ1n) is 11.1. The fraction of sp³-hybridized carbons (Fsp3) is 0.0968. The van der Waals surface area contributed by atoms with Crippen molar-refractivity contribution in [1.82, 2.24) is 0 Å². The Morgan fingerprint density at radius 2 is 0.750 bits per heavy atom. The molecule has 0 bridgehead atoms. The summed E-state index contributed by atoms with van der Waals surface area (Å²) in [5.74, 6) is 0. The van der Waals surface area contributed by atoms with Crippen LogP contribution in [0.1, 0.15) is 34.7 Å². The monoisotopic (exact) mass is 415 g/mol. The van der Waals surface area contributed by atoms with E-state index in [1.54, 1.807) is 0 Å². The maximum atomic E-state index is 2.30. The van der Waals surface area contributed by atoms with Crippen LogP contribution in [0.3, 0.4) is 0 Å². The lowest BCUT2D eigenvalue weighted by molar-refractivity contribution is 1.27. The van der Waals surface area contributed by atoms with E-state index < -0.39 is 0 Å². The van der Waals surface area contributed by atoms with E-state index in [0.717, 1.165) is 17.1 Å². The Bertz CT molecular complexity index is 1150. The Labute approximate surface area is 192 Å². The van der Waals surface area contributed by atoms with Gasteiger partial charge in [0.15, 0.2) is 0 Å². The van der Waals surface area contributed by atoms with E-state index >= 15 is 0 Å². The first kappa shape index (κ1) is 21.4. The Hall–Kier alpha value is -3.84. The molecule has 0 unspecified atom stereocenters. The first-order valence-corrected chi connectivity index (χ1v) is 11.1. The van der Waals surface area contributed by atoms with Crippen LogP contribution in [0.2, 0.25) is 0 Å². The lowest BCUT2D eigenvalue weighted by atomic mass is 10.1. The molecule has 0 aliphatic heterocycles. The molecule has 0 saturated carbocycles. The number of hydrogen-bond donors (Lipinski definition) is 0.